The van der Waals surface area contributed by atoms with E-state index in [0.29, 0.717) is 24.2 Å². The van der Waals surface area contributed by atoms with E-state index in [-0.39, 0.29) is 10.7 Å². The van der Waals surface area contributed by atoms with E-state index in [1.165, 1.54) is 0 Å². The maximum Gasteiger partial charge on any atom is 0.341 e. The zero-order chi connectivity index (χ0) is 17.9. The van der Waals surface area contributed by atoms with Crippen molar-refractivity contribution in [3.8, 4) is 11.7 Å². The highest BCUT2D eigenvalue weighted by atomic mass is 35.5. The molecule has 0 fully saturated rings. The van der Waals surface area contributed by atoms with Gasteiger partial charge in [0.25, 0.3) is 0 Å². The van der Waals surface area contributed by atoms with Crippen molar-refractivity contribution in [2.45, 2.75) is 40.2 Å². The highest BCUT2D eigenvalue weighted by molar-refractivity contribution is 6.32. The van der Waals surface area contributed by atoms with E-state index in [0.717, 1.165) is 0 Å². The third-order valence-corrected chi connectivity index (χ3v) is 3.10. The summed E-state index contributed by atoms with van der Waals surface area (Å²) in [4.78, 5) is 16.3. The average molecular weight is 352 g/mol. The molecule has 24 heavy (non-hydrogen) atoms. The van der Waals surface area contributed by atoms with E-state index >= 15 is 0 Å². The van der Waals surface area contributed by atoms with E-state index in [9.17, 15) is 4.79 Å². The molecule has 7 heteroatoms. The first kappa shape index (κ1) is 18.3. The Hall–Kier alpha value is -2.08. The summed E-state index contributed by atoms with van der Waals surface area (Å²) in [6.45, 7) is 10.1. The van der Waals surface area contributed by atoms with Crippen LogP contribution in [-0.4, -0.2) is 32.9 Å². The molecule has 0 aliphatic carbocycles. The molecule has 0 saturated heterocycles. The highest BCUT2D eigenvalue weighted by Crippen LogP contribution is 2.20. The van der Waals surface area contributed by atoms with Crippen molar-refractivity contribution in [2.24, 2.45) is 5.92 Å². The van der Waals surface area contributed by atoms with Gasteiger partial charge in [-0.1, -0.05) is 25.4 Å². The number of pyridine rings is 1. The zero-order valence-corrected chi connectivity index (χ0v) is 15.3. The number of nitrogens with zero attached hydrogens (tertiary/aromatic N) is 3. The fourth-order valence-electron chi connectivity index (χ4n) is 1.80. The van der Waals surface area contributed by atoms with Crippen LogP contribution in [-0.2, 0) is 4.74 Å². The van der Waals surface area contributed by atoms with Crippen LogP contribution in [0.2, 0.25) is 5.15 Å². The van der Waals surface area contributed by atoms with Crippen LogP contribution < -0.4 is 4.74 Å². The van der Waals surface area contributed by atoms with E-state index in [1.807, 2.05) is 0 Å². The van der Waals surface area contributed by atoms with Gasteiger partial charge in [-0.3, -0.25) is 0 Å². The Morgan fingerprint density at radius 2 is 2.00 bits per heavy atom. The minimum absolute atomic E-state index is 0.0712. The van der Waals surface area contributed by atoms with Crippen molar-refractivity contribution >= 4 is 17.6 Å². The smallest absolute Gasteiger partial charge is 0.341 e. The molecule has 2 heterocycles. The van der Waals surface area contributed by atoms with Crippen LogP contribution in [0, 0.1) is 5.92 Å². The largest absolute Gasteiger partial charge is 0.476 e. The summed E-state index contributed by atoms with van der Waals surface area (Å²) in [5, 5.41) is 4.36. The fraction of sp³-hybridized carbons (Fsp3) is 0.471. The van der Waals surface area contributed by atoms with Crippen molar-refractivity contribution in [2.75, 3.05) is 6.61 Å². The van der Waals surface area contributed by atoms with Gasteiger partial charge in [-0.25, -0.2) is 14.5 Å². The lowest BCUT2D eigenvalue weighted by Gasteiger charge is -2.19. The zero-order valence-electron chi connectivity index (χ0n) is 14.5. The van der Waals surface area contributed by atoms with E-state index in [2.05, 4.69) is 23.9 Å². The number of carbonyl (C=O) groups excluding carboxylic acids is 1. The molecule has 2 aromatic rings. The van der Waals surface area contributed by atoms with Crippen LogP contribution in [0.3, 0.4) is 0 Å². The summed E-state index contributed by atoms with van der Waals surface area (Å²) >= 11 is 6.13. The summed E-state index contributed by atoms with van der Waals surface area (Å²) in [6.07, 6.45) is 1.72. The third kappa shape index (κ3) is 4.96. The molecule has 2 rings (SSSR count). The van der Waals surface area contributed by atoms with Crippen molar-refractivity contribution in [3.63, 3.8) is 0 Å². The summed E-state index contributed by atoms with van der Waals surface area (Å²) in [5.74, 6) is 0.911. The van der Waals surface area contributed by atoms with Crippen LogP contribution in [0.1, 0.15) is 45.0 Å². The average Bonchev–Trinajstić information content (AvgIpc) is 2.91. The van der Waals surface area contributed by atoms with Gasteiger partial charge in [0.15, 0.2) is 5.82 Å². The van der Waals surface area contributed by atoms with Gasteiger partial charge in [-0.05, 0) is 38.8 Å². The summed E-state index contributed by atoms with van der Waals surface area (Å²) in [6, 6.07) is 4.99. The van der Waals surface area contributed by atoms with Gasteiger partial charge in [-0.2, -0.15) is 0 Å². The van der Waals surface area contributed by atoms with Gasteiger partial charge >= 0.3 is 5.97 Å². The van der Waals surface area contributed by atoms with Gasteiger partial charge in [-0.15, -0.1) is 5.10 Å². The molecule has 0 atom stereocenters. The maximum atomic E-state index is 12.1. The number of hydrogen-bond donors (Lipinski definition) is 0. The number of esters is 1. The standard InChI is InChI=1S/C17H22ClN3O3/c1-11(2)10-23-14-8-9-21(20-14)13-7-6-12(15(18)19-13)16(22)24-17(3,4)5/h6-9,11H,10H2,1-5H3. The van der Waals surface area contributed by atoms with Crippen molar-refractivity contribution in [1.29, 1.82) is 0 Å². The van der Waals surface area contributed by atoms with Gasteiger partial charge in [0.2, 0.25) is 5.88 Å². The molecule has 0 saturated carbocycles. The van der Waals surface area contributed by atoms with E-state index in [1.54, 1.807) is 49.8 Å². The predicted molar refractivity (Wildman–Crippen MR) is 91.9 cm³/mol. The first-order valence-corrected chi connectivity index (χ1v) is 8.12. The Kier molecular flexibility index (Phi) is 5.49. The van der Waals surface area contributed by atoms with Crippen molar-refractivity contribution in [3.05, 3.63) is 35.1 Å². The Balaban J connectivity index is 2.16. The normalized spacial score (nSPS) is 11.6. The Morgan fingerprint density at radius 1 is 1.29 bits per heavy atom. The Bertz CT molecular complexity index is 720. The van der Waals surface area contributed by atoms with Crippen molar-refractivity contribution in [1.82, 2.24) is 14.8 Å². The number of halogens is 1. The minimum atomic E-state index is -0.594. The molecule has 0 radical (unpaired) electrons. The third-order valence-electron chi connectivity index (χ3n) is 2.82. The van der Waals surface area contributed by atoms with Crippen LogP contribution in [0.15, 0.2) is 24.4 Å². The SMILES string of the molecule is CC(C)COc1ccn(-c2ccc(C(=O)OC(C)(C)C)c(Cl)n2)n1. The van der Waals surface area contributed by atoms with Crippen molar-refractivity contribution < 1.29 is 14.3 Å². The van der Waals surface area contributed by atoms with Gasteiger partial charge in [0.05, 0.1) is 12.2 Å². The number of aromatic nitrogens is 3. The number of rotatable bonds is 5. The quantitative estimate of drug-likeness (QED) is 0.603. The summed E-state index contributed by atoms with van der Waals surface area (Å²) < 4.78 is 12.4. The number of ether oxygens (including phenoxy) is 2. The molecule has 0 aromatic carbocycles. The molecule has 6 nitrogen and oxygen atoms in total. The lowest BCUT2D eigenvalue weighted by Crippen LogP contribution is -2.24. The second-order valence-electron chi connectivity index (χ2n) is 6.81. The molecule has 130 valence electrons. The second-order valence-corrected chi connectivity index (χ2v) is 7.17. The maximum absolute atomic E-state index is 12.1. The van der Waals surface area contributed by atoms with Gasteiger partial charge in [0.1, 0.15) is 10.8 Å². The van der Waals surface area contributed by atoms with Gasteiger partial charge < -0.3 is 9.47 Å². The molecule has 0 N–H and O–H groups in total. The molecule has 2 aromatic heterocycles. The van der Waals surface area contributed by atoms with E-state index in [4.69, 9.17) is 21.1 Å². The monoisotopic (exact) mass is 351 g/mol. The Morgan fingerprint density at radius 3 is 2.58 bits per heavy atom. The first-order valence-electron chi connectivity index (χ1n) is 7.74. The molecule has 0 aliphatic rings. The predicted octanol–water partition coefficient (Wildman–Crippen LogP) is 3.91. The summed E-state index contributed by atoms with van der Waals surface area (Å²) in [7, 11) is 0. The Labute approximate surface area is 146 Å². The van der Waals surface area contributed by atoms with Crippen LogP contribution in [0.5, 0.6) is 5.88 Å². The first-order chi connectivity index (χ1) is 11.2. The second kappa shape index (κ2) is 7.21. The van der Waals surface area contributed by atoms with Gasteiger partial charge in [0, 0.05) is 12.3 Å². The van der Waals surface area contributed by atoms with Crippen LogP contribution in [0.25, 0.3) is 5.82 Å². The van der Waals surface area contributed by atoms with Crippen LogP contribution in [0.4, 0.5) is 0 Å². The minimum Gasteiger partial charge on any atom is -0.476 e. The number of carbonyl (C=O) groups is 1. The fourth-order valence-corrected chi connectivity index (χ4v) is 2.03. The molecule has 0 spiro atoms. The summed E-state index contributed by atoms with van der Waals surface area (Å²) in [5.41, 5.74) is -0.372. The number of hydrogen-bond acceptors (Lipinski definition) is 5. The molecule has 0 unspecified atom stereocenters. The molecular formula is C17H22ClN3O3. The van der Waals surface area contributed by atoms with Crippen LogP contribution >= 0.6 is 11.6 Å². The lowest BCUT2D eigenvalue weighted by atomic mass is 10.2. The molecular weight excluding hydrogens is 330 g/mol. The highest BCUT2D eigenvalue weighted by Gasteiger charge is 2.21. The van der Waals surface area contributed by atoms with E-state index < -0.39 is 11.6 Å². The topological polar surface area (TPSA) is 66.2 Å². The molecule has 0 amide bonds. The lowest BCUT2D eigenvalue weighted by molar-refractivity contribution is 0.00693. The molecule has 0 aliphatic heterocycles. The molecule has 0 bridgehead atoms.